The normalized spacial score (nSPS) is 11.3. The van der Waals surface area contributed by atoms with Crippen LogP contribution in [-0.4, -0.2) is 11.0 Å². The van der Waals surface area contributed by atoms with Crippen molar-refractivity contribution in [2.45, 2.75) is 66.0 Å². The van der Waals surface area contributed by atoms with E-state index in [9.17, 15) is 0 Å². The Morgan fingerprint density at radius 2 is 1.81 bits per heavy atom. The maximum absolute atomic E-state index is 4.70. The molecule has 0 amide bonds. The Labute approximate surface area is 103 Å². The van der Waals surface area contributed by atoms with Crippen molar-refractivity contribution < 1.29 is 0 Å². The number of aromatic nitrogens is 1. The van der Waals surface area contributed by atoms with Gasteiger partial charge in [0, 0.05) is 17.5 Å². The number of rotatable bonds is 7. The zero-order valence-electron chi connectivity index (χ0n) is 11.0. The van der Waals surface area contributed by atoms with E-state index < -0.39 is 0 Å². The molecule has 16 heavy (non-hydrogen) atoms. The summed E-state index contributed by atoms with van der Waals surface area (Å²) in [4.78, 5) is 6.16. The maximum Gasteiger partial charge on any atom is 0.107 e. The lowest BCUT2D eigenvalue weighted by Crippen LogP contribution is -2.26. The van der Waals surface area contributed by atoms with Crippen molar-refractivity contribution in [3.63, 3.8) is 0 Å². The molecule has 1 N–H and O–H groups in total. The molecule has 1 aromatic rings. The number of aryl methyl sites for hydroxylation is 2. The Kier molecular flexibility index (Phi) is 5.99. The fourth-order valence-corrected chi connectivity index (χ4v) is 2.92. The second-order valence-electron chi connectivity index (χ2n) is 4.08. The number of nitrogens with one attached hydrogen (secondary N) is 1. The van der Waals surface area contributed by atoms with Crippen LogP contribution in [0.1, 0.15) is 56.1 Å². The van der Waals surface area contributed by atoms with Crippen molar-refractivity contribution in [3.8, 4) is 0 Å². The number of hydrogen-bond donors (Lipinski definition) is 1. The van der Waals surface area contributed by atoms with E-state index >= 15 is 0 Å². The smallest absolute Gasteiger partial charge is 0.107 e. The lowest BCUT2D eigenvalue weighted by Gasteiger charge is -2.12. The van der Waals surface area contributed by atoms with Crippen molar-refractivity contribution >= 4 is 11.3 Å². The Balaban J connectivity index is 2.57. The van der Waals surface area contributed by atoms with Crippen LogP contribution in [0, 0.1) is 0 Å². The van der Waals surface area contributed by atoms with Gasteiger partial charge in [-0.1, -0.05) is 27.7 Å². The maximum atomic E-state index is 4.70. The SMILES string of the molecule is CCc1nc(CNC(CC)CC)sc1CC. The number of nitrogens with zero attached hydrogens (tertiary/aromatic N) is 1. The molecular formula is C13H24N2S. The van der Waals surface area contributed by atoms with Gasteiger partial charge in [-0.2, -0.15) is 0 Å². The first-order valence-corrected chi connectivity index (χ1v) is 7.27. The summed E-state index contributed by atoms with van der Waals surface area (Å²) in [6.07, 6.45) is 4.57. The van der Waals surface area contributed by atoms with E-state index in [1.165, 1.54) is 28.4 Å². The predicted octanol–water partition coefficient (Wildman–Crippen LogP) is 3.55. The Bertz CT molecular complexity index is 281. The zero-order chi connectivity index (χ0) is 12.0. The molecule has 0 unspecified atom stereocenters. The van der Waals surface area contributed by atoms with Crippen LogP contribution in [0.3, 0.4) is 0 Å². The summed E-state index contributed by atoms with van der Waals surface area (Å²) in [6.45, 7) is 9.80. The standard InChI is InChI=1S/C13H24N2S/c1-5-10(6-2)14-9-13-15-11(7-3)12(8-4)16-13/h10,14H,5-9H2,1-4H3. The molecule has 0 aliphatic rings. The van der Waals surface area contributed by atoms with Gasteiger partial charge in [-0.05, 0) is 25.7 Å². The molecule has 0 spiro atoms. The minimum absolute atomic E-state index is 0.638. The predicted molar refractivity (Wildman–Crippen MR) is 72.1 cm³/mol. The Morgan fingerprint density at radius 3 is 2.25 bits per heavy atom. The summed E-state index contributed by atoms with van der Waals surface area (Å²) in [5.41, 5.74) is 1.30. The molecule has 1 aromatic heterocycles. The van der Waals surface area contributed by atoms with Crippen LogP contribution in [0.15, 0.2) is 0 Å². The summed E-state index contributed by atoms with van der Waals surface area (Å²) >= 11 is 1.87. The largest absolute Gasteiger partial charge is 0.308 e. The van der Waals surface area contributed by atoms with E-state index in [0.717, 1.165) is 19.4 Å². The van der Waals surface area contributed by atoms with Crippen molar-refractivity contribution in [2.24, 2.45) is 0 Å². The van der Waals surface area contributed by atoms with E-state index in [2.05, 4.69) is 33.0 Å². The highest BCUT2D eigenvalue weighted by Crippen LogP contribution is 2.19. The topological polar surface area (TPSA) is 24.9 Å². The van der Waals surface area contributed by atoms with Crippen LogP contribution in [-0.2, 0) is 19.4 Å². The second-order valence-corrected chi connectivity index (χ2v) is 5.25. The Hall–Kier alpha value is -0.410. The molecule has 1 rings (SSSR count). The monoisotopic (exact) mass is 240 g/mol. The van der Waals surface area contributed by atoms with Crippen molar-refractivity contribution in [2.75, 3.05) is 0 Å². The molecular weight excluding hydrogens is 216 g/mol. The third kappa shape index (κ3) is 3.56. The van der Waals surface area contributed by atoms with Gasteiger partial charge in [-0.25, -0.2) is 4.98 Å². The fourth-order valence-electron chi connectivity index (χ4n) is 1.87. The van der Waals surface area contributed by atoms with Gasteiger partial charge in [-0.15, -0.1) is 11.3 Å². The van der Waals surface area contributed by atoms with Gasteiger partial charge in [0.15, 0.2) is 0 Å². The van der Waals surface area contributed by atoms with Crippen LogP contribution in [0.4, 0.5) is 0 Å². The molecule has 1 heterocycles. The van der Waals surface area contributed by atoms with Gasteiger partial charge in [-0.3, -0.25) is 0 Å². The minimum atomic E-state index is 0.638. The number of hydrogen-bond acceptors (Lipinski definition) is 3. The van der Waals surface area contributed by atoms with Crippen molar-refractivity contribution in [3.05, 3.63) is 15.6 Å². The molecule has 0 radical (unpaired) electrons. The second kappa shape index (κ2) is 7.02. The minimum Gasteiger partial charge on any atom is -0.308 e. The molecule has 0 aromatic carbocycles. The van der Waals surface area contributed by atoms with E-state index in [0.29, 0.717) is 6.04 Å². The van der Waals surface area contributed by atoms with Gasteiger partial charge < -0.3 is 5.32 Å². The first kappa shape index (κ1) is 13.7. The average molecular weight is 240 g/mol. The highest BCUT2D eigenvalue weighted by molar-refractivity contribution is 7.11. The van der Waals surface area contributed by atoms with E-state index in [1.54, 1.807) is 0 Å². The quantitative estimate of drug-likeness (QED) is 0.788. The van der Waals surface area contributed by atoms with E-state index in [-0.39, 0.29) is 0 Å². The molecule has 92 valence electrons. The van der Waals surface area contributed by atoms with Crippen LogP contribution < -0.4 is 5.32 Å². The molecule has 0 aliphatic carbocycles. The van der Waals surface area contributed by atoms with Crippen LogP contribution in [0.25, 0.3) is 0 Å². The third-order valence-electron chi connectivity index (χ3n) is 3.01. The van der Waals surface area contributed by atoms with Gasteiger partial charge in [0.2, 0.25) is 0 Å². The molecule has 0 saturated heterocycles. The highest BCUT2D eigenvalue weighted by atomic mass is 32.1. The average Bonchev–Trinajstić information content (AvgIpc) is 2.73. The summed E-state index contributed by atoms with van der Waals surface area (Å²) in [5.74, 6) is 0. The summed E-state index contributed by atoms with van der Waals surface area (Å²) in [5, 5.41) is 4.82. The molecule has 0 aliphatic heterocycles. The van der Waals surface area contributed by atoms with Crippen LogP contribution >= 0.6 is 11.3 Å². The third-order valence-corrected chi connectivity index (χ3v) is 4.25. The first-order valence-electron chi connectivity index (χ1n) is 6.45. The molecule has 3 heteroatoms. The fraction of sp³-hybridized carbons (Fsp3) is 0.769. The molecule has 0 bridgehead atoms. The van der Waals surface area contributed by atoms with Gasteiger partial charge >= 0.3 is 0 Å². The van der Waals surface area contributed by atoms with Crippen LogP contribution in [0.5, 0.6) is 0 Å². The zero-order valence-corrected chi connectivity index (χ0v) is 11.8. The van der Waals surface area contributed by atoms with Gasteiger partial charge in [0.05, 0.1) is 5.69 Å². The van der Waals surface area contributed by atoms with Crippen molar-refractivity contribution in [1.29, 1.82) is 0 Å². The molecule has 2 nitrogen and oxygen atoms in total. The highest BCUT2D eigenvalue weighted by Gasteiger charge is 2.09. The first-order chi connectivity index (χ1) is 7.74. The van der Waals surface area contributed by atoms with E-state index in [4.69, 9.17) is 4.98 Å². The lowest BCUT2D eigenvalue weighted by molar-refractivity contribution is 0.483. The Morgan fingerprint density at radius 1 is 1.12 bits per heavy atom. The molecule has 0 atom stereocenters. The lowest BCUT2D eigenvalue weighted by atomic mass is 10.2. The van der Waals surface area contributed by atoms with Gasteiger partial charge in [0.1, 0.15) is 5.01 Å². The van der Waals surface area contributed by atoms with E-state index in [1.807, 2.05) is 11.3 Å². The van der Waals surface area contributed by atoms with Crippen molar-refractivity contribution in [1.82, 2.24) is 10.3 Å². The van der Waals surface area contributed by atoms with Gasteiger partial charge in [0.25, 0.3) is 0 Å². The number of thiazole rings is 1. The molecule has 0 saturated carbocycles. The summed E-state index contributed by atoms with van der Waals surface area (Å²) in [6, 6.07) is 0.638. The summed E-state index contributed by atoms with van der Waals surface area (Å²) < 4.78 is 0. The van der Waals surface area contributed by atoms with Crippen LogP contribution in [0.2, 0.25) is 0 Å². The molecule has 0 fully saturated rings. The summed E-state index contributed by atoms with van der Waals surface area (Å²) in [7, 11) is 0.